The van der Waals surface area contributed by atoms with Gasteiger partial charge >= 0.3 is 17.9 Å². The van der Waals surface area contributed by atoms with Crippen LogP contribution in [0.25, 0.3) is 6.08 Å². The summed E-state index contributed by atoms with van der Waals surface area (Å²) < 4.78 is 25.3. The lowest BCUT2D eigenvalue weighted by Gasteiger charge is -2.15. The number of esters is 3. The number of rotatable bonds is 14. The maximum Gasteiger partial charge on any atom is 0.333 e. The van der Waals surface area contributed by atoms with Crippen molar-refractivity contribution in [2.45, 2.75) is 26.1 Å². The fourth-order valence-electron chi connectivity index (χ4n) is 2.17. The zero-order valence-corrected chi connectivity index (χ0v) is 19.4. The van der Waals surface area contributed by atoms with Crippen LogP contribution in [0.2, 0.25) is 0 Å². The Labute approximate surface area is 198 Å². The van der Waals surface area contributed by atoms with Gasteiger partial charge < -0.3 is 33.9 Å². The molecular weight excluding hydrogens is 448 g/mol. The predicted molar refractivity (Wildman–Crippen MR) is 122 cm³/mol. The van der Waals surface area contributed by atoms with Crippen molar-refractivity contribution in [2.75, 3.05) is 33.5 Å². The van der Waals surface area contributed by atoms with E-state index in [1.165, 1.54) is 27.0 Å². The Morgan fingerprint density at radius 2 is 1.41 bits per heavy atom. The minimum atomic E-state index is -1.17. The number of aliphatic hydroxyl groups is 2. The van der Waals surface area contributed by atoms with Gasteiger partial charge in [0.05, 0.1) is 7.11 Å². The van der Waals surface area contributed by atoms with Gasteiger partial charge in [0.1, 0.15) is 38.6 Å². The highest BCUT2D eigenvalue weighted by Crippen LogP contribution is 2.28. The first-order chi connectivity index (χ1) is 16.0. The van der Waals surface area contributed by atoms with E-state index in [0.29, 0.717) is 17.1 Å². The number of ether oxygens (including phenoxy) is 5. The number of carbonyl (C=O) groups excluding carboxylic acids is 3. The zero-order chi connectivity index (χ0) is 25.7. The predicted octanol–water partition coefficient (Wildman–Crippen LogP) is 1.59. The third kappa shape index (κ3) is 10.8. The molecule has 0 spiro atoms. The van der Waals surface area contributed by atoms with Gasteiger partial charge in [-0.05, 0) is 37.6 Å². The van der Waals surface area contributed by atoms with Crippen LogP contribution in [0.5, 0.6) is 11.5 Å². The molecule has 2 unspecified atom stereocenters. The van der Waals surface area contributed by atoms with Crippen molar-refractivity contribution in [1.82, 2.24) is 0 Å². The average Bonchev–Trinajstić information content (AvgIpc) is 2.81. The summed E-state index contributed by atoms with van der Waals surface area (Å²) in [4.78, 5) is 34.5. The van der Waals surface area contributed by atoms with Crippen molar-refractivity contribution in [1.29, 1.82) is 0 Å². The number of aliphatic hydroxyl groups excluding tert-OH is 2. The largest absolute Gasteiger partial charge is 0.493 e. The van der Waals surface area contributed by atoms with Crippen LogP contribution < -0.4 is 9.47 Å². The lowest BCUT2D eigenvalue weighted by molar-refractivity contribution is -0.147. The molecule has 0 aliphatic heterocycles. The summed E-state index contributed by atoms with van der Waals surface area (Å²) in [5.41, 5.74) is 1.01. The van der Waals surface area contributed by atoms with Crippen molar-refractivity contribution in [3.63, 3.8) is 0 Å². The Hall–Kier alpha value is -3.63. The summed E-state index contributed by atoms with van der Waals surface area (Å²) >= 11 is 0. The van der Waals surface area contributed by atoms with Crippen LogP contribution in [0.4, 0.5) is 0 Å². The van der Waals surface area contributed by atoms with E-state index in [2.05, 4.69) is 13.2 Å². The fraction of sp³-hybridized carbons (Fsp3) is 0.375. The van der Waals surface area contributed by atoms with E-state index in [1.54, 1.807) is 18.2 Å². The van der Waals surface area contributed by atoms with E-state index in [4.69, 9.17) is 23.7 Å². The summed E-state index contributed by atoms with van der Waals surface area (Å²) in [6.45, 7) is 8.76. The number of benzene rings is 1. The van der Waals surface area contributed by atoms with Crippen LogP contribution in [0, 0.1) is 0 Å². The van der Waals surface area contributed by atoms with Gasteiger partial charge in [0, 0.05) is 17.2 Å². The second-order valence-corrected chi connectivity index (χ2v) is 7.25. The van der Waals surface area contributed by atoms with Crippen LogP contribution in [0.1, 0.15) is 19.4 Å². The maximum atomic E-state index is 11.9. The molecule has 0 heterocycles. The van der Waals surface area contributed by atoms with Crippen molar-refractivity contribution in [3.05, 3.63) is 54.1 Å². The van der Waals surface area contributed by atoms with Gasteiger partial charge in [0.15, 0.2) is 11.5 Å². The Bertz CT molecular complexity index is 918. The summed E-state index contributed by atoms with van der Waals surface area (Å²) in [5, 5.41) is 19.6. The van der Waals surface area contributed by atoms with E-state index < -0.39 is 30.1 Å². The molecule has 2 N–H and O–H groups in total. The van der Waals surface area contributed by atoms with Crippen LogP contribution >= 0.6 is 0 Å². The van der Waals surface area contributed by atoms with E-state index in [1.807, 2.05) is 0 Å². The van der Waals surface area contributed by atoms with E-state index >= 15 is 0 Å². The molecule has 34 heavy (non-hydrogen) atoms. The molecular formula is C24H30O10. The smallest absolute Gasteiger partial charge is 0.333 e. The molecule has 0 saturated carbocycles. The highest BCUT2D eigenvalue weighted by Gasteiger charge is 2.13. The molecule has 0 aliphatic carbocycles. The monoisotopic (exact) mass is 478 g/mol. The number of hydrogen-bond acceptors (Lipinski definition) is 10. The minimum Gasteiger partial charge on any atom is -0.493 e. The topological polar surface area (TPSA) is 138 Å². The molecule has 10 nitrogen and oxygen atoms in total. The Balaban J connectivity index is 2.54. The summed E-state index contributed by atoms with van der Waals surface area (Å²) in [5.74, 6) is -1.28. The number of hydrogen-bond donors (Lipinski definition) is 2. The van der Waals surface area contributed by atoms with Gasteiger partial charge in [-0.25, -0.2) is 14.4 Å². The first-order valence-electron chi connectivity index (χ1n) is 10.2. The third-order valence-electron chi connectivity index (χ3n) is 3.96. The van der Waals surface area contributed by atoms with Gasteiger partial charge in [-0.2, -0.15) is 0 Å². The molecule has 0 amide bonds. The third-order valence-corrected chi connectivity index (χ3v) is 3.96. The molecule has 1 aromatic rings. The number of methoxy groups -OCH3 is 1. The lowest BCUT2D eigenvalue weighted by Crippen LogP contribution is -2.25. The molecule has 1 aromatic carbocycles. The van der Waals surface area contributed by atoms with E-state index in [9.17, 15) is 24.6 Å². The summed E-state index contributed by atoms with van der Waals surface area (Å²) in [6, 6.07) is 4.82. The average molecular weight is 478 g/mol. The molecule has 0 aromatic heterocycles. The van der Waals surface area contributed by atoms with Crippen LogP contribution in [-0.2, 0) is 28.6 Å². The summed E-state index contributed by atoms with van der Waals surface area (Å²) in [6.07, 6.45) is 0.397. The molecule has 0 bridgehead atoms. The molecule has 0 radical (unpaired) electrons. The molecule has 0 aliphatic rings. The lowest BCUT2D eigenvalue weighted by atomic mass is 10.2. The van der Waals surface area contributed by atoms with E-state index in [-0.39, 0.29) is 37.6 Å². The summed E-state index contributed by atoms with van der Waals surface area (Å²) in [7, 11) is 1.43. The highest BCUT2D eigenvalue weighted by molar-refractivity contribution is 5.88. The SMILES string of the molecule is C=C(C)C(=O)OCC(O)COC(=O)/C=C/c1ccc(OCC(O)COC(=O)C(=C)C)c(OC)c1. The molecule has 1 rings (SSSR count). The molecule has 0 saturated heterocycles. The van der Waals surface area contributed by atoms with Crippen LogP contribution in [0.3, 0.4) is 0 Å². The maximum absolute atomic E-state index is 11.9. The number of carbonyl (C=O) groups is 3. The van der Waals surface area contributed by atoms with Gasteiger partial charge in [0.2, 0.25) is 0 Å². The fourth-order valence-corrected chi connectivity index (χ4v) is 2.17. The Morgan fingerprint density at radius 3 is 1.94 bits per heavy atom. The first-order valence-corrected chi connectivity index (χ1v) is 10.2. The van der Waals surface area contributed by atoms with Gasteiger partial charge in [0.25, 0.3) is 0 Å². The van der Waals surface area contributed by atoms with Crippen molar-refractivity contribution in [3.8, 4) is 11.5 Å². The van der Waals surface area contributed by atoms with Crippen molar-refractivity contribution < 1.29 is 48.3 Å². The van der Waals surface area contributed by atoms with Gasteiger partial charge in [-0.3, -0.25) is 0 Å². The second-order valence-electron chi connectivity index (χ2n) is 7.25. The minimum absolute atomic E-state index is 0.147. The molecule has 186 valence electrons. The van der Waals surface area contributed by atoms with Crippen LogP contribution in [0.15, 0.2) is 48.6 Å². The van der Waals surface area contributed by atoms with E-state index in [0.717, 1.165) is 6.08 Å². The van der Waals surface area contributed by atoms with Crippen LogP contribution in [-0.4, -0.2) is 73.9 Å². The quantitative estimate of drug-likeness (QED) is 0.230. The second kappa shape index (κ2) is 14.5. The Kier molecular flexibility index (Phi) is 12.1. The molecule has 0 fully saturated rings. The normalized spacial score (nSPS) is 12.4. The van der Waals surface area contributed by atoms with Gasteiger partial charge in [-0.1, -0.05) is 19.2 Å². The van der Waals surface area contributed by atoms with Crippen molar-refractivity contribution in [2.24, 2.45) is 0 Å². The standard InChI is InChI=1S/C24H30O10/c1-15(2)23(28)33-13-18(25)11-31-20-8-6-17(10-21(20)30-5)7-9-22(27)32-12-19(26)14-34-24(29)16(3)4/h6-10,18-19,25-26H,1,3,11-14H2,2,4-5H3/b9-7+. The molecule has 10 heteroatoms. The zero-order valence-electron chi connectivity index (χ0n) is 19.4. The first kappa shape index (κ1) is 28.4. The highest BCUT2D eigenvalue weighted by atomic mass is 16.6. The molecule has 2 atom stereocenters. The Morgan fingerprint density at radius 1 is 0.882 bits per heavy atom. The van der Waals surface area contributed by atoms with Crippen molar-refractivity contribution >= 4 is 24.0 Å². The van der Waals surface area contributed by atoms with Gasteiger partial charge in [-0.15, -0.1) is 0 Å².